The molecular weight excluding hydrogens is 238 g/mol. The first-order chi connectivity index (χ1) is 7.29. The first kappa shape index (κ1) is 12.9. The Kier molecular flexibility index (Phi) is 3.54. The summed E-state index contributed by atoms with van der Waals surface area (Å²) < 4.78 is 23.9. The van der Waals surface area contributed by atoms with Gasteiger partial charge in [0.15, 0.2) is 0 Å². The van der Waals surface area contributed by atoms with Crippen molar-refractivity contribution >= 4 is 22.0 Å². The number of hydrogen-bond donors (Lipinski definition) is 2. The molecule has 0 spiro atoms. The number of aliphatic carboxylic acids is 2. The number of carboxylic acid groups (broad SMARTS) is 2. The van der Waals surface area contributed by atoms with Gasteiger partial charge in [-0.1, -0.05) is 0 Å². The third-order valence-corrected chi connectivity index (χ3v) is 4.49. The Morgan fingerprint density at radius 1 is 1.19 bits per heavy atom. The van der Waals surface area contributed by atoms with Crippen LogP contribution in [0.25, 0.3) is 0 Å². The van der Waals surface area contributed by atoms with Crippen molar-refractivity contribution in [2.45, 2.75) is 6.92 Å². The van der Waals surface area contributed by atoms with Crippen LogP contribution in [-0.4, -0.2) is 53.7 Å². The molecule has 0 aliphatic carbocycles. The van der Waals surface area contributed by atoms with Crippen molar-refractivity contribution in [3.05, 3.63) is 0 Å². The average molecular weight is 251 g/mol. The summed E-state index contributed by atoms with van der Waals surface area (Å²) in [5, 5.41) is 17.6. The van der Waals surface area contributed by atoms with Crippen LogP contribution in [0.1, 0.15) is 6.92 Å². The van der Waals surface area contributed by atoms with Gasteiger partial charge < -0.3 is 10.2 Å². The molecule has 0 aromatic carbocycles. The third-order valence-electron chi connectivity index (χ3n) is 2.68. The van der Waals surface area contributed by atoms with Crippen LogP contribution in [0.3, 0.4) is 0 Å². The Labute approximate surface area is 92.7 Å². The van der Waals surface area contributed by atoms with Crippen LogP contribution < -0.4 is 0 Å². The molecule has 1 saturated heterocycles. The van der Waals surface area contributed by atoms with Crippen LogP contribution in [0.15, 0.2) is 0 Å². The van der Waals surface area contributed by atoms with E-state index in [4.69, 9.17) is 10.2 Å². The quantitative estimate of drug-likeness (QED) is 0.666. The van der Waals surface area contributed by atoms with Crippen LogP contribution in [0.2, 0.25) is 0 Å². The SMILES string of the molecule is CCS(=O)(=O)N1C[C@H](C(=O)O)[C@@H](C(=O)O)C1. The minimum Gasteiger partial charge on any atom is -0.481 e. The molecule has 1 fully saturated rings. The van der Waals surface area contributed by atoms with E-state index in [1.54, 1.807) is 0 Å². The molecule has 16 heavy (non-hydrogen) atoms. The summed E-state index contributed by atoms with van der Waals surface area (Å²) in [6, 6.07) is 0. The van der Waals surface area contributed by atoms with Crippen molar-refractivity contribution < 1.29 is 28.2 Å². The van der Waals surface area contributed by atoms with Gasteiger partial charge >= 0.3 is 11.9 Å². The molecule has 7 nitrogen and oxygen atoms in total. The second kappa shape index (κ2) is 4.38. The monoisotopic (exact) mass is 251 g/mol. The van der Waals surface area contributed by atoms with E-state index in [1.807, 2.05) is 0 Å². The van der Waals surface area contributed by atoms with Gasteiger partial charge in [-0.3, -0.25) is 9.59 Å². The van der Waals surface area contributed by atoms with E-state index >= 15 is 0 Å². The molecule has 1 aliphatic heterocycles. The van der Waals surface area contributed by atoms with Gasteiger partial charge in [0.05, 0.1) is 17.6 Å². The molecule has 0 aromatic rings. The second-order valence-corrected chi connectivity index (χ2v) is 5.86. The smallest absolute Gasteiger partial charge is 0.308 e. The molecule has 0 bridgehead atoms. The standard InChI is InChI=1S/C8H13NO6S/c1-2-16(14,15)9-3-5(7(10)11)6(4-9)8(12)13/h5-6H,2-4H2,1H3,(H,10,11)(H,12,13)/t5-,6-/m0/s1. The molecular formula is C8H13NO6S. The van der Waals surface area contributed by atoms with Gasteiger partial charge in [-0.25, -0.2) is 12.7 Å². The number of hydrogen-bond acceptors (Lipinski definition) is 4. The lowest BCUT2D eigenvalue weighted by Crippen LogP contribution is -2.31. The fraction of sp³-hybridized carbons (Fsp3) is 0.750. The zero-order valence-corrected chi connectivity index (χ0v) is 9.48. The average Bonchev–Trinajstić information content (AvgIpc) is 2.62. The summed E-state index contributed by atoms with van der Waals surface area (Å²) in [4.78, 5) is 21.6. The number of carboxylic acids is 2. The van der Waals surface area contributed by atoms with E-state index in [2.05, 4.69) is 0 Å². The Bertz CT molecular complexity index is 381. The molecule has 8 heteroatoms. The van der Waals surface area contributed by atoms with Crippen LogP contribution in [0.5, 0.6) is 0 Å². The van der Waals surface area contributed by atoms with E-state index in [0.29, 0.717) is 0 Å². The Hall–Kier alpha value is -1.15. The molecule has 0 unspecified atom stereocenters. The molecule has 1 rings (SSSR count). The maximum atomic E-state index is 11.5. The van der Waals surface area contributed by atoms with E-state index in [9.17, 15) is 18.0 Å². The van der Waals surface area contributed by atoms with Crippen LogP contribution in [-0.2, 0) is 19.6 Å². The molecule has 0 amide bonds. The lowest BCUT2D eigenvalue weighted by atomic mass is 9.97. The van der Waals surface area contributed by atoms with E-state index < -0.39 is 33.8 Å². The Balaban J connectivity index is 2.93. The zero-order valence-electron chi connectivity index (χ0n) is 8.66. The maximum Gasteiger partial charge on any atom is 0.308 e. The minimum atomic E-state index is -3.52. The lowest BCUT2D eigenvalue weighted by molar-refractivity contribution is -0.151. The number of rotatable bonds is 4. The van der Waals surface area contributed by atoms with Gasteiger partial charge in [-0.15, -0.1) is 0 Å². The summed E-state index contributed by atoms with van der Waals surface area (Å²) in [6.45, 7) is 0.907. The molecule has 92 valence electrons. The summed E-state index contributed by atoms with van der Waals surface area (Å²) in [7, 11) is -3.52. The molecule has 0 saturated carbocycles. The van der Waals surface area contributed by atoms with Gasteiger partial charge in [0.25, 0.3) is 0 Å². The largest absolute Gasteiger partial charge is 0.481 e. The van der Waals surface area contributed by atoms with Gasteiger partial charge in [0.1, 0.15) is 0 Å². The van der Waals surface area contributed by atoms with Crippen molar-refractivity contribution in [1.29, 1.82) is 0 Å². The predicted octanol–water partition coefficient (Wildman–Crippen LogP) is -0.947. The Morgan fingerprint density at radius 2 is 1.56 bits per heavy atom. The second-order valence-electron chi connectivity index (χ2n) is 3.61. The predicted molar refractivity (Wildman–Crippen MR) is 53.3 cm³/mol. The normalized spacial score (nSPS) is 26.8. The minimum absolute atomic E-state index is 0.161. The van der Waals surface area contributed by atoms with Crippen molar-refractivity contribution in [2.75, 3.05) is 18.8 Å². The topological polar surface area (TPSA) is 112 Å². The van der Waals surface area contributed by atoms with Crippen LogP contribution in [0, 0.1) is 11.8 Å². The summed E-state index contributed by atoms with van der Waals surface area (Å²) in [6.07, 6.45) is 0. The van der Waals surface area contributed by atoms with Crippen molar-refractivity contribution in [3.8, 4) is 0 Å². The molecule has 0 aromatic heterocycles. The highest BCUT2D eigenvalue weighted by molar-refractivity contribution is 7.89. The van der Waals surface area contributed by atoms with E-state index in [0.717, 1.165) is 4.31 Å². The van der Waals surface area contributed by atoms with Crippen molar-refractivity contribution in [2.24, 2.45) is 11.8 Å². The first-order valence-electron chi connectivity index (χ1n) is 4.73. The fourth-order valence-electron chi connectivity index (χ4n) is 1.68. The first-order valence-corrected chi connectivity index (χ1v) is 6.34. The Morgan fingerprint density at radius 3 is 1.81 bits per heavy atom. The fourth-order valence-corrected chi connectivity index (χ4v) is 2.82. The highest BCUT2D eigenvalue weighted by atomic mass is 32.2. The van der Waals surface area contributed by atoms with E-state index in [-0.39, 0.29) is 18.8 Å². The van der Waals surface area contributed by atoms with Crippen LogP contribution >= 0.6 is 0 Å². The molecule has 2 N–H and O–H groups in total. The van der Waals surface area contributed by atoms with Crippen LogP contribution in [0.4, 0.5) is 0 Å². The van der Waals surface area contributed by atoms with Crippen molar-refractivity contribution in [3.63, 3.8) is 0 Å². The van der Waals surface area contributed by atoms with E-state index in [1.165, 1.54) is 6.92 Å². The third kappa shape index (κ3) is 2.33. The molecule has 0 radical (unpaired) electrons. The summed E-state index contributed by atoms with van der Waals surface area (Å²) in [5.41, 5.74) is 0. The van der Waals surface area contributed by atoms with Gasteiger partial charge in [0, 0.05) is 13.1 Å². The molecule has 1 heterocycles. The number of sulfonamides is 1. The van der Waals surface area contributed by atoms with Gasteiger partial charge in [0.2, 0.25) is 10.0 Å². The van der Waals surface area contributed by atoms with Gasteiger partial charge in [-0.2, -0.15) is 0 Å². The summed E-state index contributed by atoms with van der Waals surface area (Å²) in [5.74, 6) is -5.05. The summed E-state index contributed by atoms with van der Waals surface area (Å²) >= 11 is 0. The maximum absolute atomic E-state index is 11.5. The van der Waals surface area contributed by atoms with Gasteiger partial charge in [-0.05, 0) is 6.92 Å². The highest BCUT2D eigenvalue weighted by Gasteiger charge is 2.45. The zero-order chi connectivity index (χ0) is 12.5. The molecule has 1 aliphatic rings. The molecule has 2 atom stereocenters. The van der Waals surface area contributed by atoms with Crippen molar-refractivity contribution in [1.82, 2.24) is 4.31 Å². The highest BCUT2D eigenvalue weighted by Crippen LogP contribution is 2.26. The number of nitrogens with zero attached hydrogens (tertiary/aromatic N) is 1. The number of carbonyl (C=O) groups is 2. The lowest BCUT2D eigenvalue weighted by Gasteiger charge is -2.13.